The Balaban J connectivity index is 1.67. The van der Waals surface area contributed by atoms with Crippen LogP contribution >= 0.6 is 0 Å². The molecule has 3 rings (SSSR count). The van der Waals surface area contributed by atoms with Crippen molar-refractivity contribution in [3.63, 3.8) is 0 Å². The summed E-state index contributed by atoms with van der Waals surface area (Å²) in [5.74, 6) is -1.02. The van der Waals surface area contributed by atoms with Crippen LogP contribution in [0.25, 0.3) is 0 Å². The molecule has 0 fully saturated rings. The molecule has 3 aromatic carbocycles. The highest BCUT2D eigenvalue weighted by molar-refractivity contribution is 7.92. The van der Waals surface area contributed by atoms with Crippen molar-refractivity contribution in [2.45, 2.75) is 31.3 Å². The third-order valence-electron chi connectivity index (χ3n) is 4.47. The topological polar surface area (TPSA) is 84.5 Å². The number of benzene rings is 3. The Hall–Kier alpha value is -3.39. The maximum Gasteiger partial charge on any atom is 0.265 e. The highest BCUT2D eigenvalue weighted by atomic mass is 32.2. The number of hydrogen-bond acceptors (Lipinski definition) is 4. The minimum absolute atomic E-state index is 0.00633. The van der Waals surface area contributed by atoms with Gasteiger partial charge >= 0.3 is 0 Å². The molecule has 0 aliphatic rings. The second kappa shape index (κ2) is 9.61. The zero-order chi connectivity index (χ0) is 22.4. The quantitative estimate of drug-likeness (QED) is 0.528. The van der Waals surface area contributed by atoms with Crippen LogP contribution in [0.15, 0.2) is 77.7 Å². The molecule has 6 nitrogen and oxygen atoms in total. The molecule has 8 heteroatoms. The van der Waals surface area contributed by atoms with Gasteiger partial charge in [-0.2, -0.15) is 0 Å². The monoisotopic (exact) mass is 442 g/mol. The molecule has 31 heavy (non-hydrogen) atoms. The Morgan fingerprint density at radius 1 is 1.00 bits per heavy atom. The SMILES string of the molecule is CC[C@@H](Oc1ccccc1F)C(=O)Nc1ccc(S(=O)(=O)Nc2cccc(C)c2)cc1. The molecule has 0 radical (unpaired) electrons. The maximum absolute atomic E-state index is 13.8. The summed E-state index contributed by atoms with van der Waals surface area (Å²) in [6, 6.07) is 18.6. The lowest BCUT2D eigenvalue weighted by Crippen LogP contribution is -2.32. The molecule has 1 amide bonds. The van der Waals surface area contributed by atoms with Crippen LogP contribution in [0.1, 0.15) is 18.9 Å². The normalized spacial score (nSPS) is 12.1. The van der Waals surface area contributed by atoms with E-state index in [9.17, 15) is 17.6 Å². The first-order chi connectivity index (χ1) is 14.8. The predicted molar refractivity (Wildman–Crippen MR) is 118 cm³/mol. The van der Waals surface area contributed by atoms with Crippen LogP contribution in [-0.4, -0.2) is 20.4 Å². The van der Waals surface area contributed by atoms with E-state index in [1.54, 1.807) is 31.2 Å². The summed E-state index contributed by atoms with van der Waals surface area (Å²) in [4.78, 5) is 12.6. The van der Waals surface area contributed by atoms with Gasteiger partial charge in [0.1, 0.15) is 0 Å². The number of nitrogens with one attached hydrogen (secondary N) is 2. The number of anilines is 2. The van der Waals surface area contributed by atoms with Crippen LogP contribution in [0.5, 0.6) is 5.75 Å². The molecule has 0 aromatic heterocycles. The number of amides is 1. The molecule has 0 saturated carbocycles. The third kappa shape index (κ3) is 5.82. The summed E-state index contributed by atoms with van der Waals surface area (Å²) in [6.45, 7) is 3.62. The predicted octanol–water partition coefficient (Wildman–Crippen LogP) is 4.73. The van der Waals surface area contributed by atoms with Crippen LogP contribution in [0.3, 0.4) is 0 Å². The fourth-order valence-electron chi connectivity index (χ4n) is 2.88. The first kappa shape index (κ1) is 22.3. The van der Waals surface area contributed by atoms with Crippen molar-refractivity contribution >= 4 is 27.3 Å². The van der Waals surface area contributed by atoms with Crippen molar-refractivity contribution in [3.8, 4) is 5.75 Å². The second-order valence-corrected chi connectivity index (χ2v) is 8.62. The minimum Gasteiger partial charge on any atom is -0.478 e. The molecule has 3 aromatic rings. The number of halogens is 1. The van der Waals surface area contributed by atoms with Crippen molar-refractivity contribution in [2.75, 3.05) is 10.0 Å². The Labute approximate surface area is 181 Å². The first-order valence-electron chi connectivity index (χ1n) is 9.70. The Morgan fingerprint density at radius 3 is 2.35 bits per heavy atom. The Bertz CT molecular complexity index is 1160. The number of sulfonamides is 1. The third-order valence-corrected chi connectivity index (χ3v) is 5.87. The zero-order valence-electron chi connectivity index (χ0n) is 17.1. The average molecular weight is 443 g/mol. The van der Waals surface area contributed by atoms with E-state index in [1.807, 2.05) is 13.0 Å². The van der Waals surface area contributed by atoms with Crippen LogP contribution in [-0.2, 0) is 14.8 Å². The number of hydrogen-bond donors (Lipinski definition) is 2. The van der Waals surface area contributed by atoms with Crippen LogP contribution in [0, 0.1) is 12.7 Å². The van der Waals surface area contributed by atoms with Gasteiger partial charge in [-0.3, -0.25) is 9.52 Å². The molecule has 0 aliphatic heterocycles. The molecule has 1 atom stereocenters. The maximum atomic E-state index is 13.8. The molecule has 0 saturated heterocycles. The first-order valence-corrected chi connectivity index (χ1v) is 11.2. The number of rotatable bonds is 8. The van der Waals surface area contributed by atoms with Crippen molar-refractivity contribution in [1.82, 2.24) is 0 Å². The summed E-state index contributed by atoms with van der Waals surface area (Å²) < 4.78 is 47.0. The van der Waals surface area contributed by atoms with E-state index >= 15 is 0 Å². The second-order valence-electron chi connectivity index (χ2n) is 6.93. The Kier molecular flexibility index (Phi) is 6.91. The molecular formula is C23H23FN2O4S. The molecule has 162 valence electrons. The number of para-hydroxylation sites is 1. The van der Waals surface area contributed by atoms with E-state index in [0.29, 0.717) is 17.8 Å². The number of carbonyl (C=O) groups excluding carboxylic acids is 1. The number of carbonyl (C=O) groups is 1. The lowest BCUT2D eigenvalue weighted by molar-refractivity contribution is -0.122. The van der Waals surface area contributed by atoms with E-state index < -0.39 is 27.9 Å². The van der Waals surface area contributed by atoms with E-state index in [0.717, 1.165) is 5.56 Å². The van der Waals surface area contributed by atoms with Gasteiger partial charge in [-0.25, -0.2) is 12.8 Å². The van der Waals surface area contributed by atoms with Gasteiger partial charge in [0.05, 0.1) is 4.90 Å². The van der Waals surface area contributed by atoms with E-state index in [4.69, 9.17) is 4.74 Å². The van der Waals surface area contributed by atoms with Gasteiger partial charge in [0.2, 0.25) is 0 Å². The zero-order valence-corrected chi connectivity index (χ0v) is 17.9. The van der Waals surface area contributed by atoms with E-state index in [-0.39, 0.29) is 10.6 Å². The summed E-state index contributed by atoms with van der Waals surface area (Å²) in [7, 11) is -3.77. The molecule has 0 aliphatic carbocycles. The summed E-state index contributed by atoms with van der Waals surface area (Å²) in [5.41, 5.74) is 1.80. The largest absolute Gasteiger partial charge is 0.478 e. The van der Waals surface area contributed by atoms with Gasteiger partial charge in [-0.1, -0.05) is 31.2 Å². The summed E-state index contributed by atoms with van der Waals surface area (Å²) >= 11 is 0. The van der Waals surface area contributed by atoms with Crippen molar-refractivity contribution in [1.29, 1.82) is 0 Å². The van der Waals surface area contributed by atoms with Gasteiger partial charge in [0.15, 0.2) is 17.7 Å². The lowest BCUT2D eigenvalue weighted by Gasteiger charge is -2.17. The standard InChI is InChI=1S/C23H23FN2O4S/c1-3-21(30-22-10-5-4-9-20(22)24)23(27)25-17-11-13-19(14-12-17)31(28,29)26-18-8-6-7-16(2)15-18/h4-15,21,26H,3H2,1-2H3,(H,25,27)/t21-/m1/s1. The van der Waals surface area contributed by atoms with Crippen LogP contribution in [0.4, 0.5) is 15.8 Å². The molecule has 0 spiro atoms. The van der Waals surface area contributed by atoms with Gasteiger partial charge in [-0.15, -0.1) is 0 Å². The molecule has 0 unspecified atom stereocenters. The van der Waals surface area contributed by atoms with E-state index in [2.05, 4.69) is 10.0 Å². The van der Waals surface area contributed by atoms with Gasteiger partial charge < -0.3 is 10.1 Å². The fraction of sp³-hybridized carbons (Fsp3) is 0.174. The van der Waals surface area contributed by atoms with Crippen molar-refractivity contribution in [2.24, 2.45) is 0 Å². The lowest BCUT2D eigenvalue weighted by atomic mass is 10.2. The van der Waals surface area contributed by atoms with Crippen LogP contribution < -0.4 is 14.8 Å². The average Bonchev–Trinajstić information content (AvgIpc) is 2.73. The molecule has 2 N–H and O–H groups in total. The molecular weight excluding hydrogens is 419 g/mol. The smallest absolute Gasteiger partial charge is 0.265 e. The highest BCUT2D eigenvalue weighted by Gasteiger charge is 2.20. The fourth-order valence-corrected chi connectivity index (χ4v) is 3.93. The van der Waals surface area contributed by atoms with Crippen molar-refractivity contribution < 1.29 is 22.3 Å². The number of ether oxygens (including phenoxy) is 1. The highest BCUT2D eigenvalue weighted by Crippen LogP contribution is 2.21. The summed E-state index contributed by atoms with van der Waals surface area (Å²) in [5, 5.41) is 2.67. The van der Waals surface area contributed by atoms with E-state index in [1.165, 1.54) is 42.5 Å². The number of aryl methyl sites for hydroxylation is 1. The van der Waals surface area contributed by atoms with Gasteiger partial charge in [0, 0.05) is 11.4 Å². The Morgan fingerprint density at radius 2 is 1.71 bits per heavy atom. The van der Waals surface area contributed by atoms with Crippen LogP contribution in [0.2, 0.25) is 0 Å². The van der Waals surface area contributed by atoms with Gasteiger partial charge in [-0.05, 0) is 67.4 Å². The van der Waals surface area contributed by atoms with Gasteiger partial charge in [0.25, 0.3) is 15.9 Å². The molecule has 0 bridgehead atoms. The minimum atomic E-state index is -3.77. The summed E-state index contributed by atoms with van der Waals surface area (Å²) in [6.07, 6.45) is -0.573. The molecule has 0 heterocycles. The van der Waals surface area contributed by atoms with Crippen molar-refractivity contribution in [3.05, 3.63) is 84.2 Å².